The van der Waals surface area contributed by atoms with Crippen molar-refractivity contribution < 1.29 is 41.0 Å². The number of aliphatic carboxylic acids is 1. The van der Waals surface area contributed by atoms with Gasteiger partial charge in [0.25, 0.3) is 0 Å². The van der Waals surface area contributed by atoms with Gasteiger partial charge in [-0.05, 0) is 24.6 Å². The Balaban J connectivity index is 2.46. The van der Waals surface area contributed by atoms with Gasteiger partial charge in [-0.25, -0.2) is 13.2 Å². The number of carbonyl (C=O) groups is 2. The number of methoxy groups -OCH3 is 1. The molecular formula is C15H16F3NO6S. The number of hydrogen-bond donors (Lipinski definition) is 1. The van der Waals surface area contributed by atoms with E-state index in [1.165, 1.54) is 19.1 Å². The van der Waals surface area contributed by atoms with E-state index in [0.717, 1.165) is 13.2 Å². The third-order valence-electron chi connectivity index (χ3n) is 4.33. The Morgan fingerprint density at radius 2 is 1.88 bits per heavy atom. The molecule has 0 bridgehead atoms. The van der Waals surface area contributed by atoms with Gasteiger partial charge in [-0.15, -0.1) is 0 Å². The maximum Gasteiger partial charge on any atom is 0.393 e. The summed E-state index contributed by atoms with van der Waals surface area (Å²) in [4.78, 5) is 22.5. The van der Waals surface area contributed by atoms with E-state index in [2.05, 4.69) is 4.74 Å². The average molecular weight is 395 g/mol. The van der Waals surface area contributed by atoms with Gasteiger partial charge in [0, 0.05) is 13.1 Å². The third-order valence-corrected chi connectivity index (χ3v) is 6.31. The molecule has 0 aliphatic carbocycles. The molecule has 1 N–H and O–H groups in total. The monoisotopic (exact) mass is 395 g/mol. The number of hydrogen-bond acceptors (Lipinski definition) is 5. The predicted molar refractivity (Wildman–Crippen MR) is 81.9 cm³/mol. The number of benzene rings is 1. The molecule has 11 heteroatoms. The number of ether oxygens (including phenoxy) is 1. The summed E-state index contributed by atoms with van der Waals surface area (Å²) < 4.78 is 69.8. The highest BCUT2D eigenvalue weighted by Gasteiger charge is 2.55. The first-order chi connectivity index (χ1) is 11.9. The topological polar surface area (TPSA) is 101 Å². The van der Waals surface area contributed by atoms with E-state index in [1.54, 1.807) is 0 Å². The number of nitrogens with zero attached hydrogens (tertiary/aromatic N) is 1. The van der Waals surface area contributed by atoms with Gasteiger partial charge in [0.2, 0.25) is 10.0 Å². The van der Waals surface area contributed by atoms with Gasteiger partial charge in [0.1, 0.15) is 0 Å². The van der Waals surface area contributed by atoms with Crippen LogP contribution in [0, 0.1) is 18.8 Å². The number of carboxylic acids is 1. The van der Waals surface area contributed by atoms with E-state index in [9.17, 15) is 31.2 Å². The Morgan fingerprint density at radius 3 is 2.35 bits per heavy atom. The first-order valence-electron chi connectivity index (χ1n) is 7.38. The van der Waals surface area contributed by atoms with E-state index < -0.39 is 53.1 Å². The highest BCUT2D eigenvalue weighted by atomic mass is 32.2. The zero-order valence-corrected chi connectivity index (χ0v) is 14.6. The van der Waals surface area contributed by atoms with Crippen LogP contribution in [0.15, 0.2) is 23.1 Å². The zero-order chi connectivity index (χ0) is 19.9. The Morgan fingerprint density at radius 1 is 1.27 bits per heavy atom. The lowest BCUT2D eigenvalue weighted by atomic mass is 9.96. The van der Waals surface area contributed by atoms with Crippen LogP contribution >= 0.6 is 0 Å². The second-order valence-electron chi connectivity index (χ2n) is 5.84. The van der Waals surface area contributed by atoms with Gasteiger partial charge in [-0.2, -0.15) is 17.5 Å². The lowest BCUT2D eigenvalue weighted by Crippen LogP contribution is -2.34. The summed E-state index contributed by atoms with van der Waals surface area (Å²) >= 11 is 0. The molecule has 0 radical (unpaired) electrons. The van der Waals surface area contributed by atoms with Crippen LogP contribution in [0.3, 0.4) is 0 Å². The lowest BCUT2D eigenvalue weighted by molar-refractivity contribution is -0.187. The highest BCUT2D eigenvalue weighted by Crippen LogP contribution is 2.40. The normalized spacial score (nSPS) is 21.6. The molecule has 1 saturated heterocycles. The fraction of sp³-hybridized carbons (Fsp3) is 0.467. The first-order valence-corrected chi connectivity index (χ1v) is 8.82. The molecule has 144 valence electrons. The third kappa shape index (κ3) is 3.54. The van der Waals surface area contributed by atoms with Crippen molar-refractivity contribution in [2.24, 2.45) is 11.8 Å². The minimum absolute atomic E-state index is 0.0154. The van der Waals surface area contributed by atoms with Crippen molar-refractivity contribution in [3.63, 3.8) is 0 Å². The molecule has 0 spiro atoms. The maximum atomic E-state index is 13.1. The molecule has 0 aromatic heterocycles. The lowest BCUT2D eigenvalue weighted by Gasteiger charge is -2.19. The van der Waals surface area contributed by atoms with Crippen LogP contribution in [0.4, 0.5) is 13.2 Å². The van der Waals surface area contributed by atoms with Crippen LogP contribution in [-0.2, 0) is 19.6 Å². The molecule has 0 amide bonds. The SMILES string of the molecule is COC(=O)c1cccc(S(=O)(=O)N2C[C@@H](C(F)(F)F)[C@H](C(=O)O)C2)c1C. The highest BCUT2D eigenvalue weighted by molar-refractivity contribution is 7.89. The molecule has 0 saturated carbocycles. The van der Waals surface area contributed by atoms with Crippen molar-refractivity contribution in [1.29, 1.82) is 0 Å². The molecule has 1 fully saturated rings. The first kappa shape index (κ1) is 20.2. The molecule has 2 atom stereocenters. The molecule has 7 nitrogen and oxygen atoms in total. The summed E-state index contributed by atoms with van der Waals surface area (Å²) in [5, 5.41) is 9.02. The maximum absolute atomic E-state index is 13.1. The Kier molecular flexibility index (Phi) is 5.34. The molecule has 2 rings (SSSR count). The van der Waals surface area contributed by atoms with Crippen molar-refractivity contribution in [2.45, 2.75) is 18.0 Å². The summed E-state index contributed by atoms with van der Waals surface area (Å²) in [6.45, 7) is -0.473. The number of esters is 1. The summed E-state index contributed by atoms with van der Waals surface area (Å²) in [6, 6.07) is 3.73. The van der Waals surface area contributed by atoms with Crippen LogP contribution < -0.4 is 0 Å². The standard InChI is InChI=1S/C15H16F3NO6S/c1-8-9(14(22)25-2)4-3-5-12(8)26(23,24)19-6-10(13(20)21)11(7-19)15(16,17)18/h3-5,10-11H,6-7H2,1-2H3,(H,20,21)/t10-,11-/m1/s1. The molecule has 1 heterocycles. The molecule has 1 aromatic carbocycles. The quantitative estimate of drug-likeness (QED) is 0.779. The van der Waals surface area contributed by atoms with E-state index in [-0.39, 0.29) is 16.0 Å². The Labute approximate surface area is 147 Å². The van der Waals surface area contributed by atoms with Crippen LogP contribution in [0.2, 0.25) is 0 Å². The number of carbonyl (C=O) groups excluding carboxylic acids is 1. The summed E-state index contributed by atoms with van der Waals surface area (Å²) in [7, 11) is -3.33. The van der Waals surface area contributed by atoms with Crippen molar-refractivity contribution in [3.05, 3.63) is 29.3 Å². The molecule has 1 aromatic rings. The second kappa shape index (κ2) is 6.88. The van der Waals surface area contributed by atoms with Crippen molar-refractivity contribution >= 4 is 22.0 Å². The number of sulfonamides is 1. The number of halogens is 3. The van der Waals surface area contributed by atoms with Gasteiger partial charge in [0.15, 0.2) is 0 Å². The fourth-order valence-corrected chi connectivity index (χ4v) is 4.65. The van der Waals surface area contributed by atoms with Crippen molar-refractivity contribution in [3.8, 4) is 0 Å². The molecular weight excluding hydrogens is 379 g/mol. The Bertz CT molecular complexity index is 836. The van der Waals surface area contributed by atoms with Crippen LogP contribution in [0.1, 0.15) is 15.9 Å². The average Bonchev–Trinajstić information content (AvgIpc) is 3.01. The fourth-order valence-electron chi connectivity index (χ4n) is 2.91. The molecule has 1 aliphatic rings. The van der Waals surface area contributed by atoms with Gasteiger partial charge in [-0.3, -0.25) is 4.79 Å². The number of rotatable bonds is 4. The van der Waals surface area contributed by atoms with Crippen LogP contribution in [-0.4, -0.2) is 56.1 Å². The van der Waals surface area contributed by atoms with Gasteiger partial charge in [0.05, 0.1) is 29.4 Å². The van der Waals surface area contributed by atoms with Crippen LogP contribution in [0.5, 0.6) is 0 Å². The second-order valence-corrected chi connectivity index (χ2v) is 7.74. The van der Waals surface area contributed by atoms with Gasteiger partial charge in [-0.1, -0.05) is 6.07 Å². The largest absolute Gasteiger partial charge is 0.481 e. The number of carboxylic acid groups (broad SMARTS) is 1. The number of alkyl halides is 3. The smallest absolute Gasteiger partial charge is 0.393 e. The zero-order valence-electron chi connectivity index (χ0n) is 13.8. The summed E-state index contributed by atoms with van der Waals surface area (Å²) in [6.07, 6.45) is -4.85. The van der Waals surface area contributed by atoms with Gasteiger partial charge >= 0.3 is 18.1 Å². The van der Waals surface area contributed by atoms with Crippen molar-refractivity contribution in [2.75, 3.05) is 20.2 Å². The van der Waals surface area contributed by atoms with E-state index in [1.807, 2.05) is 0 Å². The molecule has 1 aliphatic heterocycles. The summed E-state index contributed by atoms with van der Waals surface area (Å²) in [5.41, 5.74) is -0.0309. The van der Waals surface area contributed by atoms with E-state index in [0.29, 0.717) is 4.31 Å². The molecule has 0 unspecified atom stereocenters. The van der Waals surface area contributed by atoms with E-state index >= 15 is 0 Å². The Hall–Kier alpha value is -2.14. The predicted octanol–water partition coefficient (Wildman–Crippen LogP) is 1.67. The van der Waals surface area contributed by atoms with Crippen molar-refractivity contribution in [1.82, 2.24) is 4.31 Å². The van der Waals surface area contributed by atoms with Gasteiger partial charge < -0.3 is 9.84 Å². The molecule has 26 heavy (non-hydrogen) atoms. The van der Waals surface area contributed by atoms with E-state index in [4.69, 9.17) is 5.11 Å². The minimum atomic E-state index is -4.85. The minimum Gasteiger partial charge on any atom is -0.481 e. The summed E-state index contributed by atoms with van der Waals surface area (Å²) in [5.74, 6) is -6.71. The van der Waals surface area contributed by atoms with Crippen LogP contribution in [0.25, 0.3) is 0 Å².